The van der Waals surface area contributed by atoms with Gasteiger partial charge in [-0.05, 0) is 71.0 Å². The molecule has 3 nitrogen and oxygen atoms in total. The van der Waals surface area contributed by atoms with Crippen molar-refractivity contribution in [3.63, 3.8) is 0 Å². The second-order valence-corrected chi connectivity index (χ2v) is 7.28. The number of hydrogen-bond donors (Lipinski definition) is 1. The molecule has 2 aromatic rings. The molecule has 0 unspecified atom stereocenters. The predicted octanol–water partition coefficient (Wildman–Crippen LogP) is 5.17. The number of amides is 1. The molecule has 2 aromatic carbocycles. The van der Waals surface area contributed by atoms with E-state index in [1.165, 1.54) is 20.9 Å². The molecule has 0 heterocycles. The molecule has 23 heavy (non-hydrogen) atoms. The molecule has 1 amide bonds. The molecule has 2 rings (SSSR count). The van der Waals surface area contributed by atoms with Crippen molar-refractivity contribution in [2.24, 2.45) is 0 Å². The fourth-order valence-corrected chi connectivity index (χ4v) is 3.70. The van der Waals surface area contributed by atoms with Crippen LogP contribution in [0, 0.1) is 10.5 Å². The van der Waals surface area contributed by atoms with Crippen molar-refractivity contribution in [3.8, 4) is 5.75 Å². The van der Waals surface area contributed by atoms with Gasteiger partial charge in [-0.1, -0.05) is 31.2 Å². The molecule has 0 aliphatic heterocycles. The van der Waals surface area contributed by atoms with Gasteiger partial charge in [-0.15, -0.1) is 0 Å². The van der Waals surface area contributed by atoms with Crippen LogP contribution in [0.2, 0.25) is 0 Å². The van der Waals surface area contributed by atoms with E-state index >= 15 is 0 Å². The van der Waals surface area contributed by atoms with Crippen LogP contribution >= 0.6 is 34.4 Å². The van der Waals surface area contributed by atoms with Gasteiger partial charge in [0.15, 0.2) is 0 Å². The molecule has 0 fully saturated rings. The Kier molecular flexibility index (Phi) is 6.77. The van der Waals surface area contributed by atoms with Crippen LogP contribution in [-0.2, 0) is 13.0 Å². The Hall–Kier alpha value is -1.21. The monoisotopic (exact) mass is 441 g/mol. The number of halogens is 1. The highest BCUT2D eigenvalue weighted by Gasteiger charge is 2.10. The van der Waals surface area contributed by atoms with Crippen molar-refractivity contribution in [2.75, 3.05) is 7.05 Å². The lowest BCUT2D eigenvalue weighted by atomic mass is 10.1. The van der Waals surface area contributed by atoms with Gasteiger partial charge in [-0.3, -0.25) is 4.79 Å². The second-order valence-electron chi connectivity index (χ2n) is 5.10. The van der Waals surface area contributed by atoms with Gasteiger partial charge in [0.2, 0.25) is 0 Å². The van der Waals surface area contributed by atoms with Gasteiger partial charge in [0.05, 0.1) is 0 Å². The number of carbonyl (C=O) groups is 1. The maximum atomic E-state index is 11.6. The Balaban J connectivity index is 2.15. The van der Waals surface area contributed by atoms with Crippen molar-refractivity contribution in [2.45, 2.75) is 31.8 Å². The molecule has 122 valence electrons. The summed E-state index contributed by atoms with van der Waals surface area (Å²) in [6, 6.07) is 12.1. The zero-order valence-corrected chi connectivity index (χ0v) is 16.5. The highest BCUT2D eigenvalue weighted by atomic mass is 127. The van der Waals surface area contributed by atoms with E-state index in [-0.39, 0.29) is 5.24 Å². The van der Waals surface area contributed by atoms with Crippen LogP contribution in [0.15, 0.2) is 41.3 Å². The van der Waals surface area contributed by atoms with Crippen molar-refractivity contribution < 1.29 is 9.53 Å². The highest BCUT2D eigenvalue weighted by Crippen LogP contribution is 2.28. The first-order valence-electron chi connectivity index (χ1n) is 7.44. The first-order chi connectivity index (χ1) is 11.0. The number of benzene rings is 2. The van der Waals surface area contributed by atoms with Crippen molar-refractivity contribution in [1.29, 1.82) is 0 Å². The van der Waals surface area contributed by atoms with Gasteiger partial charge in [0, 0.05) is 21.1 Å². The molecule has 1 N–H and O–H groups in total. The summed E-state index contributed by atoms with van der Waals surface area (Å²) >= 11 is 3.53. The molecular formula is C18H20INO2S. The second kappa shape index (κ2) is 8.59. The third kappa shape index (κ3) is 4.88. The van der Waals surface area contributed by atoms with E-state index in [0.29, 0.717) is 6.61 Å². The van der Waals surface area contributed by atoms with Gasteiger partial charge in [-0.2, -0.15) is 0 Å². The first-order valence-corrected chi connectivity index (χ1v) is 9.34. The molecule has 0 radical (unpaired) electrons. The summed E-state index contributed by atoms with van der Waals surface area (Å²) in [6.45, 7) is 4.67. The maximum Gasteiger partial charge on any atom is 0.283 e. The average Bonchev–Trinajstić information content (AvgIpc) is 2.56. The number of carbonyl (C=O) groups excluding carboxylic acids is 1. The zero-order chi connectivity index (χ0) is 16.8. The van der Waals surface area contributed by atoms with E-state index in [4.69, 9.17) is 4.74 Å². The van der Waals surface area contributed by atoms with Crippen molar-refractivity contribution in [1.82, 2.24) is 5.32 Å². The number of ether oxygens (including phenoxy) is 1. The predicted molar refractivity (Wildman–Crippen MR) is 104 cm³/mol. The van der Waals surface area contributed by atoms with Gasteiger partial charge in [0.25, 0.3) is 5.24 Å². The quantitative estimate of drug-likeness (QED) is 0.514. The van der Waals surface area contributed by atoms with Crippen LogP contribution in [-0.4, -0.2) is 12.3 Å². The summed E-state index contributed by atoms with van der Waals surface area (Å²) in [4.78, 5) is 12.5. The average molecular weight is 441 g/mol. The number of thioether (sulfide) groups is 1. The number of nitrogens with one attached hydrogen (secondary N) is 1. The lowest BCUT2D eigenvalue weighted by molar-refractivity contribution is 0.262. The summed E-state index contributed by atoms with van der Waals surface area (Å²) in [7, 11) is 1.63. The topological polar surface area (TPSA) is 38.3 Å². The number of rotatable bonds is 5. The molecule has 0 aliphatic rings. The molecule has 0 atom stereocenters. The van der Waals surface area contributed by atoms with Crippen LogP contribution in [0.25, 0.3) is 0 Å². The van der Waals surface area contributed by atoms with Crippen LogP contribution in [0.4, 0.5) is 4.79 Å². The highest BCUT2D eigenvalue weighted by molar-refractivity contribution is 14.1. The van der Waals surface area contributed by atoms with E-state index in [1.54, 1.807) is 7.05 Å². The molecular weight excluding hydrogens is 421 g/mol. The van der Waals surface area contributed by atoms with Gasteiger partial charge in [0.1, 0.15) is 12.4 Å². The Morgan fingerprint density at radius 1 is 1.26 bits per heavy atom. The summed E-state index contributed by atoms with van der Waals surface area (Å²) in [5.74, 6) is 0.895. The molecule has 0 bridgehead atoms. The van der Waals surface area contributed by atoms with Gasteiger partial charge < -0.3 is 10.1 Å². The van der Waals surface area contributed by atoms with Crippen LogP contribution in [0.1, 0.15) is 23.6 Å². The van der Waals surface area contributed by atoms with E-state index < -0.39 is 0 Å². The number of aryl methyl sites for hydroxylation is 2. The number of hydrogen-bond acceptors (Lipinski definition) is 3. The van der Waals surface area contributed by atoms with E-state index in [0.717, 1.165) is 28.2 Å². The summed E-state index contributed by atoms with van der Waals surface area (Å²) in [5, 5.41) is 2.55. The molecule has 5 heteroatoms. The molecule has 0 saturated heterocycles. The van der Waals surface area contributed by atoms with Gasteiger partial charge in [-0.25, -0.2) is 0 Å². The smallest absolute Gasteiger partial charge is 0.283 e. The normalized spacial score (nSPS) is 10.4. The molecule has 0 spiro atoms. The van der Waals surface area contributed by atoms with Crippen molar-refractivity contribution >= 4 is 39.6 Å². The summed E-state index contributed by atoms with van der Waals surface area (Å²) in [6.07, 6.45) is 1.02. The van der Waals surface area contributed by atoms with E-state index in [2.05, 4.69) is 53.9 Å². The summed E-state index contributed by atoms with van der Waals surface area (Å²) < 4.78 is 7.23. The minimum Gasteiger partial charge on any atom is -0.489 e. The first kappa shape index (κ1) is 18.1. The minimum atomic E-state index is -0.0736. The Morgan fingerprint density at radius 2 is 2.00 bits per heavy atom. The minimum absolute atomic E-state index is 0.0736. The SMILES string of the molecule is CCc1cc(C)c(OCc2ccccc2SC(=O)NC)cc1I. The largest absolute Gasteiger partial charge is 0.489 e. The summed E-state index contributed by atoms with van der Waals surface area (Å²) in [5.41, 5.74) is 3.49. The maximum absolute atomic E-state index is 11.6. The van der Waals surface area contributed by atoms with Gasteiger partial charge >= 0.3 is 0 Å². The van der Waals surface area contributed by atoms with E-state index in [1.807, 2.05) is 24.3 Å². The zero-order valence-electron chi connectivity index (χ0n) is 13.5. The van der Waals surface area contributed by atoms with Crippen molar-refractivity contribution in [3.05, 3.63) is 56.7 Å². The molecule has 0 saturated carbocycles. The third-order valence-electron chi connectivity index (χ3n) is 3.49. The van der Waals surface area contributed by atoms with Crippen LogP contribution in [0.5, 0.6) is 5.75 Å². The Bertz CT molecular complexity index is 703. The molecule has 0 aliphatic carbocycles. The fourth-order valence-electron chi connectivity index (χ4n) is 2.18. The lowest BCUT2D eigenvalue weighted by Gasteiger charge is -2.14. The van der Waals surface area contributed by atoms with E-state index in [9.17, 15) is 4.79 Å². The Labute approximate surface area is 155 Å². The standard InChI is InChI=1S/C18H20INO2S/c1-4-13-9-12(2)16(10-15(13)19)22-11-14-7-5-6-8-17(14)23-18(21)20-3/h5-10H,4,11H2,1-3H3,(H,20,21). The Morgan fingerprint density at radius 3 is 2.70 bits per heavy atom. The lowest BCUT2D eigenvalue weighted by Crippen LogP contribution is -2.11. The fraction of sp³-hybridized carbons (Fsp3) is 0.278. The van der Waals surface area contributed by atoms with Crippen LogP contribution in [0.3, 0.4) is 0 Å². The molecule has 0 aromatic heterocycles. The van der Waals surface area contributed by atoms with Crippen LogP contribution < -0.4 is 10.1 Å². The third-order valence-corrected chi connectivity index (χ3v) is 5.50.